The maximum Gasteiger partial charge on any atom is 0.326 e. The summed E-state index contributed by atoms with van der Waals surface area (Å²) in [4.78, 5) is 61.1. The fraction of sp³-hybridized carbons (Fsp3) is 0.500. The molecule has 0 radical (unpaired) electrons. The van der Waals surface area contributed by atoms with E-state index in [4.69, 9.17) is 16.6 Å². The number of carbonyl (C=O) groups excluding carboxylic acids is 3. The molecule has 0 aliphatic carbocycles. The Bertz CT molecular complexity index is 849. The number of hydrogen-bond donors (Lipinski definition) is 6. The third-order valence-corrected chi connectivity index (χ3v) is 4.97. The lowest BCUT2D eigenvalue weighted by Crippen LogP contribution is -2.55. The van der Waals surface area contributed by atoms with Crippen LogP contribution in [0.1, 0.15) is 31.2 Å². The van der Waals surface area contributed by atoms with Crippen LogP contribution in [0.4, 0.5) is 0 Å². The number of carboxylic acids is 2. The summed E-state index contributed by atoms with van der Waals surface area (Å²) in [5.41, 5.74) is 12.0. The molecule has 1 rings (SSSR count). The minimum absolute atomic E-state index is 0.0219. The summed E-state index contributed by atoms with van der Waals surface area (Å²) >= 11 is 0. The topological polar surface area (TPSA) is 205 Å². The third kappa shape index (κ3) is 10.4. The second-order valence-corrected chi connectivity index (χ2v) is 7.89. The lowest BCUT2D eigenvalue weighted by atomic mass is 10.0. The quantitative estimate of drug-likeness (QED) is 0.165. The van der Waals surface area contributed by atoms with Crippen molar-refractivity contribution in [2.24, 2.45) is 11.5 Å². The lowest BCUT2D eigenvalue weighted by Gasteiger charge is -2.24. The van der Waals surface area contributed by atoms with E-state index < -0.39 is 54.2 Å². The van der Waals surface area contributed by atoms with Crippen LogP contribution in [-0.4, -0.2) is 83.0 Å². The molecule has 3 atom stereocenters. The largest absolute Gasteiger partial charge is 0.481 e. The van der Waals surface area contributed by atoms with E-state index >= 15 is 0 Å². The summed E-state index contributed by atoms with van der Waals surface area (Å²) in [5, 5.41) is 22.7. The molecule has 34 heavy (non-hydrogen) atoms. The van der Waals surface area contributed by atoms with Crippen molar-refractivity contribution < 1.29 is 34.2 Å². The molecule has 0 aliphatic rings. The Morgan fingerprint density at radius 3 is 2.21 bits per heavy atom. The van der Waals surface area contributed by atoms with E-state index in [0.29, 0.717) is 24.9 Å². The molecule has 0 fully saturated rings. The number of nitrogens with one attached hydrogen (secondary N) is 2. The summed E-state index contributed by atoms with van der Waals surface area (Å²) in [6.07, 6.45) is 1.01. The first kappa shape index (κ1) is 28.5. The number of carbonyl (C=O) groups is 5. The van der Waals surface area contributed by atoms with Gasteiger partial charge in [0.25, 0.3) is 0 Å². The van der Waals surface area contributed by atoms with Crippen LogP contribution in [0.5, 0.6) is 0 Å². The Balaban J connectivity index is 2.87. The monoisotopic (exact) mass is 479 g/mol. The van der Waals surface area contributed by atoms with Gasteiger partial charge in [-0.25, -0.2) is 4.79 Å². The summed E-state index contributed by atoms with van der Waals surface area (Å²) in [6.45, 7) is 0.110. The van der Waals surface area contributed by atoms with Crippen molar-refractivity contribution in [2.75, 3.05) is 20.1 Å². The van der Waals surface area contributed by atoms with Crippen molar-refractivity contribution in [1.82, 2.24) is 15.5 Å². The SMILES string of the molecule is CN(CC(=O)N[C@@H](Cc1ccccc1)C(=O)N[C@@H](CC(=O)O)C(=O)O)C(=O)[C@H](N)CCCCN. The number of unbranched alkanes of at least 4 members (excludes halogenated alkanes) is 1. The number of aliphatic carboxylic acids is 2. The first-order chi connectivity index (χ1) is 16.0. The molecule has 0 aromatic heterocycles. The average molecular weight is 480 g/mol. The molecule has 0 bridgehead atoms. The first-order valence-electron chi connectivity index (χ1n) is 10.8. The Morgan fingerprint density at radius 2 is 1.65 bits per heavy atom. The molecule has 0 saturated heterocycles. The van der Waals surface area contributed by atoms with Crippen molar-refractivity contribution in [3.05, 3.63) is 35.9 Å². The fourth-order valence-corrected chi connectivity index (χ4v) is 3.15. The summed E-state index contributed by atoms with van der Waals surface area (Å²) in [6, 6.07) is 5.00. The molecular formula is C22H33N5O7. The Kier molecular flexibility index (Phi) is 12.2. The van der Waals surface area contributed by atoms with Crippen LogP contribution >= 0.6 is 0 Å². The predicted molar refractivity (Wildman–Crippen MR) is 122 cm³/mol. The molecular weight excluding hydrogens is 446 g/mol. The van der Waals surface area contributed by atoms with Crippen molar-refractivity contribution in [3.63, 3.8) is 0 Å². The van der Waals surface area contributed by atoms with E-state index in [2.05, 4.69) is 10.6 Å². The molecule has 0 spiro atoms. The normalized spacial score (nSPS) is 13.3. The Labute approximate surface area is 197 Å². The number of rotatable bonds is 15. The zero-order chi connectivity index (χ0) is 25.7. The Hall–Kier alpha value is -3.51. The minimum atomic E-state index is -1.67. The van der Waals surface area contributed by atoms with Crippen LogP contribution in [0.3, 0.4) is 0 Å². The zero-order valence-corrected chi connectivity index (χ0v) is 19.1. The van der Waals surface area contributed by atoms with Crippen LogP contribution in [0, 0.1) is 0 Å². The standard InChI is InChI=1S/C22H33N5O7/c1-27(21(32)15(24)9-5-6-10-23)13-18(28)25-16(11-14-7-3-2-4-8-14)20(31)26-17(22(33)34)12-19(29)30/h2-4,7-8,15-17H,5-6,9-13,23-24H2,1H3,(H,25,28)(H,26,31)(H,29,30)(H,33,34)/t15-,16+,17+/m1/s1. The molecule has 1 aromatic carbocycles. The van der Waals surface area contributed by atoms with Gasteiger partial charge in [-0.05, 0) is 24.9 Å². The molecule has 0 unspecified atom stereocenters. The molecule has 188 valence electrons. The minimum Gasteiger partial charge on any atom is -0.481 e. The van der Waals surface area contributed by atoms with Crippen LogP contribution in [0.15, 0.2) is 30.3 Å². The van der Waals surface area contributed by atoms with Gasteiger partial charge >= 0.3 is 11.9 Å². The number of likely N-dealkylation sites (N-methyl/N-ethyl adjacent to an activating group) is 1. The van der Waals surface area contributed by atoms with Crippen molar-refractivity contribution in [3.8, 4) is 0 Å². The summed E-state index contributed by atoms with van der Waals surface area (Å²) in [7, 11) is 1.41. The van der Waals surface area contributed by atoms with Crippen LogP contribution < -0.4 is 22.1 Å². The maximum absolute atomic E-state index is 12.8. The lowest BCUT2D eigenvalue weighted by molar-refractivity contribution is -0.147. The van der Waals surface area contributed by atoms with E-state index in [1.165, 1.54) is 7.05 Å². The van der Waals surface area contributed by atoms with Gasteiger partial charge in [-0.1, -0.05) is 36.8 Å². The second kappa shape index (κ2) is 14.6. The number of amides is 3. The van der Waals surface area contributed by atoms with Gasteiger partial charge < -0.3 is 37.2 Å². The van der Waals surface area contributed by atoms with E-state index in [1.807, 2.05) is 0 Å². The molecule has 0 aliphatic heterocycles. The summed E-state index contributed by atoms with van der Waals surface area (Å²) < 4.78 is 0. The van der Waals surface area contributed by atoms with Gasteiger partial charge in [0, 0.05) is 13.5 Å². The number of hydrogen-bond acceptors (Lipinski definition) is 7. The van der Waals surface area contributed by atoms with Crippen LogP contribution in [-0.2, 0) is 30.4 Å². The van der Waals surface area contributed by atoms with E-state index in [9.17, 15) is 29.1 Å². The van der Waals surface area contributed by atoms with E-state index in [-0.39, 0.29) is 13.0 Å². The predicted octanol–water partition coefficient (Wildman–Crippen LogP) is -1.33. The molecule has 3 amide bonds. The van der Waals surface area contributed by atoms with Crippen molar-refractivity contribution >= 4 is 29.7 Å². The highest BCUT2D eigenvalue weighted by Crippen LogP contribution is 2.06. The van der Waals surface area contributed by atoms with E-state index in [0.717, 1.165) is 11.3 Å². The highest BCUT2D eigenvalue weighted by molar-refractivity contribution is 5.93. The molecule has 12 nitrogen and oxygen atoms in total. The van der Waals surface area contributed by atoms with Gasteiger partial charge in [-0.2, -0.15) is 0 Å². The average Bonchev–Trinajstić information content (AvgIpc) is 2.77. The van der Waals surface area contributed by atoms with Gasteiger partial charge in [0.15, 0.2) is 0 Å². The van der Waals surface area contributed by atoms with Gasteiger partial charge in [-0.3, -0.25) is 19.2 Å². The molecule has 12 heteroatoms. The molecule has 1 aromatic rings. The number of carboxylic acid groups (broad SMARTS) is 2. The highest BCUT2D eigenvalue weighted by Gasteiger charge is 2.29. The van der Waals surface area contributed by atoms with Crippen molar-refractivity contribution in [2.45, 2.75) is 50.2 Å². The van der Waals surface area contributed by atoms with Gasteiger partial charge in [0.1, 0.15) is 12.1 Å². The van der Waals surface area contributed by atoms with E-state index in [1.54, 1.807) is 30.3 Å². The molecule has 0 heterocycles. The smallest absolute Gasteiger partial charge is 0.326 e. The first-order valence-corrected chi connectivity index (χ1v) is 10.8. The fourth-order valence-electron chi connectivity index (χ4n) is 3.15. The van der Waals surface area contributed by atoms with Gasteiger partial charge in [-0.15, -0.1) is 0 Å². The number of nitrogens with zero attached hydrogens (tertiary/aromatic N) is 1. The Morgan fingerprint density at radius 1 is 1.00 bits per heavy atom. The molecule has 0 saturated carbocycles. The van der Waals surface area contributed by atoms with Gasteiger partial charge in [0.05, 0.1) is 19.0 Å². The zero-order valence-electron chi connectivity index (χ0n) is 19.1. The van der Waals surface area contributed by atoms with Crippen molar-refractivity contribution in [1.29, 1.82) is 0 Å². The molecule has 8 N–H and O–H groups in total. The number of benzene rings is 1. The highest BCUT2D eigenvalue weighted by atomic mass is 16.4. The maximum atomic E-state index is 12.8. The van der Waals surface area contributed by atoms with Crippen LogP contribution in [0.25, 0.3) is 0 Å². The number of nitrogens with two attached hydrogens (primary N) is 2. The van der Waals surface area contributed by atoms with Crippen LogP contribution in [0.2, 0.25) is 0 Å². The second-order valence-electron chi connectivity index (χ2n) is 7.89. The summed E-state index contributed by atoms with van der Waals surface area (Å²) in [5.74, 6) is -4.89. The van der Waals surface area contributed by atoms with Gasteiger partial charge in [0.2, 0.25) is 17.7 Å². The third-order valence-electron chi connectivity index (χ3n) is 4.97.